The van der Waals surface area contributed by atoms with Crippen LogP contribution in [0.2, 0.25) is 0 Å². The highest BCUT2D eigenvalue weighted by Gasteiger charge is 2.17. The smallest absolute Gasteiger partial charge is 0.267 e. The van der Waals surface area contributed by atoms with Crippen molar-refractivity contribution in [1.29, 1.82) is 0 Å². The van der Waals surface area contributed by atoms with Crippen molar-refractivity contribution >= 4 is 11.6 Å². The fourth-order valence-corrected chi connectivity index (χ4v) is 3.41. The summed E-state index contributed by atoms with van der Waals surface area (Å²) in [5.74, 6) is 0.414. The van der Waals surface area contributed by atoms with Gasteiger partial charge in [0, 0.05) is 11.3 Å². The molecular formula is C23H26N2O. The van der Waals surface area contributed by atoms with Crippen LogP contribution in [0.25, 0.3) is 0 Å². The zero-order chi connectivity index (χ0) is 18.0. The van der Waals surface area contributed by atoms with E-state index in [9.17, 15) is 4.79 Å². The van der Waals surface area contributed by atoms with Gasteiger partial charge in [0.25, 0.3) is 5.91 Å². The summed E-state index contributed by atoms with van der Waals surface area (Å²) in [7, 11) is 0. The SMILES string of the molecule is O=C(N/N=C1/CCCC[C@@H](C2=C/C=C\C=C/C=C2)CC1)c1ccccc1. The summed E-state index contributed by atoms with van der Waals surface area (Å²) in [6, 6.07) is 9.24. The molecule has 1 atom stereocenters. The molecule has 0 heterocycles. The van der Waals surface area contributed by atoms with Gasteiger partial charge in [0.2, 0.25) is 0 Å². The maximum absolute atomic E-state index is 12.2. The van der Waals surface area contributed by atoms with E-state index in [4.69, 9.17) is 0 Å². The molecule has 1 fully saturated rings. The molecule has 2 aliphatic rings. The lowest BCUT2D eigenvalue weighted by molar-refractivity contribution is 0.0954. The normalized spacial score (nSPS) is 24.5. The summed E-state index contributed by atoms with van der Waals surface area (Å²) < 4.78 is 0. The van der Waals surface area contributed by atoms with Gasteiger partial charge in [0.05, 0.1) is 0 Å². The number of nitrogens with one attached hydrogen (secondary N) is 1. The van der Waals surface area contributed by atoms with Crippen LogP contribution in [0, 0.1) is 5.92 Å². The van der Waals surface area contributed by atoms with E-state index in [0.29, 0.717) is 11.5 Å². The second-order valence-electron chi connectivity index (χ2n) is 6.76. The van der Waals surface area contributed by atoms with E-state index in [0.717, 1.165) is 31.4 Å². The molecule has 1 N–H and O–H groups in total. The van der Waals surface area contributed by atoms with Gasteiger partial charge in [-0.05, 0) is 55.7 Å². The predicted molar refractivity (Wildman–Crippen MR) is 108 cm³/mol. The highest BCUT2D eigenvalue weighted by molar-refractivity contribution is 5.95. The molecule has 0 bridgehead atoms. The van der Waals surface area contributed by atoms with Crippen LogP contribution in [0.3, 0.4) is 0 Å². The molecule has 0 aromatic heterocycles. The van der Waals surface area contributed by atoms with Crippen molar-refractivity contribution in [1.82, 2.24) is 5.43 Å². The van der Waals surface area contributed by atoms with Crippen LogP contribution in [0.4, 0.5) is 0 Å². The maximum Gasteiger partial charge on any atom is 0.271 e. The van der Waals surface area contributed by atoms with Gasteiger partial charge in [0.1, 0.15) is 0 Å². The Labute approximate surface area is 155 Å². The number of carbonyl (C=O) groups is 1. The van der Waals surface area contributed by atoms with Gasteiger partial charge in [-0.1, -0.05) is 67.2 Å². The molecule has 0 spiro atoms. The van der Waals surface area contributed by atoms with E-state index in [2.05, 4.69) is 47.0 Å². The summed E-state index contributed by atoms with van der Waals surface area (Å²) in [5, 5.41) is 4.43. The summed E-state index contributed by atoms with van der Waals surface area (Å²) >= 11 is 0. The molecule has 26 heavy (non-hydrogen) atoms. The quantitative estimate of drug-likeness (QED) is 0.736. The highest BCUT2D eigenvalue weighted by Crippen LogP contribution is 2.28. The maximum atomic E-state index is 12.2. The third-order valence-electron chi connectivity index (χ3n) is 4.89. The van der Waals surface area contributed by atoms with Crippen LogP contribution in [0.1, 0.15) is 48.9 Å². The molecular weight excluding hydrogens is 320 g/mol. The van der Waals surface area contributed by atoms with Crippen LogP contribution in [-0.4, -0.2) is 11.6 Å². The minimum Gasteiger partial charge on any atom is -0.267 e. The first-order chi connectivity index (χ1) is 12.8. The van der Waals surface area contributed by atoms with E-state index >= 15 is 0 Å². The fraction of sp³-hybridized carbons (Fsp3) is 0.304. The Morgan fingerprint density at radius 1 is 0.923 bits per heavy atom. The molecule has 3 rings (SSSR count). The molecule has 2 aliphatic carbocycles. The first-order valence-electron chi connectivity index (χ1n) is 9.45. The van der Waals surface area contributed by atoms with Crippen LogP contribution >= 0.6 is 0 Å². The average Bonchev–Trinajstić information content (AvgIpc) is 2.62. The van der Waals surface area contributed by atoms with Crippen molar-refractivity contribution in [3.63, 3.8) is 0 Å². The molecule has 0 radical (unpaired) electrons. The van der Waals surface area contributed by atoms with Crippen LogP contribution in [0.15, 0.2) is 83.5 Å². The van der Waals surface area contributed by atoms with Crippen LogP contribution < -0.4 is 5.43 Å². The Balaban J connectivity index is 1.61. The lowest BCUT2D eigenvalue weighted by Crippen LogP contribution is -2.21. The Hall–Kier alpha value is -2.68. The molecule has 0 unspecified atom stereocenters. The largest absolute Gasteiger partial charge is 0.271 e. The number of benzene rings is 1. The summed E-state index contributed by atoms with van der Waals surface area (Å²) in [5.41, 5.74) is 5.86. The minimum atomic E-state index is -0.140. The zero-order valence-corrected chi connectivity index (χ0v) is 15.1. The topological polar surface area (TPSA) is 41.5 Å². The monoisotopic (exact) mass is 346 g/mol. The Morgan fingerprint density at radius 3 is 2.62 bits per heavy atom. The molecule has 0 aliphatic heterocycles. The van der Waals surface area contributed by atoms with Crippen molar-refractivity contribution in [2.24, 2.45) is 11.0 Å². The number of hydrazone groups is 1. The van der Waals surface area contributed by atoms with E-state index in [1.54, 1.807) is 12.1 Å². The second kappa shape index (κ2) is 9.71. The molecule has 1 amide bonds. The highest BCUT2D eigenvalue weighted by atomic mass is 16.2. The van der Waals surface area contributed by atoms with E-state index in [-0.39, 0.29) is 5.91 Å². The Morgan fingerprint density at radius 2 is 1.73 bits per heavy atom. The molecule has 3 heteroatoms. The van der Waals surface area contributed by atoms with Crippen molar-refractivity contribution in [2.45, 2.75) is 38.5 Å². The van der Waals surface area contributed by atoms with Crippen molar-refractivity contribution < 1.29 is 4.79 Å². The van der Waals surface area contributed by atoms with Gasteiger partial charge in [-0.15, -0.1) is 0 Å². The summed E-state index contributed by atoms with van der Waals surface area (Å²) in [6.45, 7) is 0. The molecule has 134 valence electrons. The van der Waals surface area contributed by atoms with Gasteiger partial charge in [-0.25, -0.2) is 5.43 Å². The van der Waals surface area contributed by atoms with Gasteiger partial charge in [0.15, 0.2) is 0 Å². The predicted octanol–water partition coefficient (Wildman–Crippen LogP) is 5.35. The molecule has 1 aromatic carbocycles. The van der Waals surface area contributed by atoms with Gasteiger partial charge >= 0.3 is 0 Å². The number of hydrogen-bond acceptors (Lipinski definition) is 2. The third-order valence-corrected chi connectivity index (χ3v) is 4.89. The molecule has 1 saturated carbocycles. The molecule has 0 saturated heterocycles. The van der Waals surface area contributed by atoms with E-state index in [1.807, 2.05) is 24.3 Å². The third kappa shape index (κ3) is 5.41. The second-order valence-corrected chi connectivity index (χ2v) is 6.76. The first-order valence-corrected chi connectivity index (χ1v) is 9.45. The zero-order valence-electron chi connectivity index (χ0n) is 15.1. The van der Waals surface area contributed by atoms with Gasteiger partial charge < -0.3 is 0 Å². The molecule has 3 nitrogen and oxygen atoms in total. The van der Waals surface area contributed by atoms with Crippen molar-refractivity contribution in [3.05, 3.63) is 84.0 Å². The standard InChI is InChI=1S/C23H26N2O/c26-23(21-14-7-4-8-15-21)25-24-22-16-10-9-13-20(17-18-22)19-11-5-2-1-3-6-12-19/h1-8,11-12,14-15,20H,9-10,13,16-18H2,(H,25,26)/b2-1-,3-1?,5-2?,6-3-,11-5?,12-6?,19-11?,19-12?,24-22-/t20-/m1/s1. The number of nitrogens with zero attached hydrogens (tertiary/aromatic N) is 1. The summed E-state index contributed by atoms with van der Waals surface area (Å²) in [6.07, 6.45) is 21.4. The number of rotatable bonds is 3. The first kappa shape index (κ1) is 18.1. The Bertz CT molecular complexity index is 754. The summed E-state index contributed by atoms with van der Waals surface area (Å²) in [4.78, 5) is 12.2. The number of allylic oxidation sites excluding steroid dienone is 8. The Kier molecular flexibility index (Phi) is 6.77. The number of amides is 1. The minimum absolute atomic E-state index is 0.140. The van der Waals surface area contributed by atoms with Crippen molar-refractivity contribution in [3.8, 4) is 0 Å². The lowest BCUT2D eigenvalue weighted by atomic mass is 9.84. The lowest BCUT2D eigenvalue weighted by Gasteiger charge is -2.22. The van der Waals surface area contributed by atoms with Crippen LogP contribution in [0.5, 0.6) is 0 Å². The number of carbonyl (C=O) groups excluding carboxylic acids is 1. The van der Waals surface area contributed by atoms with E-state index in [1.165, 1.54) is 18.4 Å². The van der Waals surface area contributed by atoms with Crippen molar-refractivity contribution in [2.75, 3.05) is 0 Å². The van der Waals surface area contributed by atoms with Gasteiger partial charge in [-0.3, -0.25) is 4.79 Å². The van der Waals surface area contributed by atoms with E-state index < -0.39 is 0 Å². The fourth-order valence-electron chi connectivity index (χ4n) is 3.41. The number of hydrogen-bond donors (Lipinski definition) is 1. The average molecular weight is 346 g/mol. The van der Waals surface area contributed by atoms with Gasteiger partial charge in [-0.2, -0.15) is 5.10 Å². The van der Waals surface area contributed by atoms with Crippen LogP contribution in [-0.2, 0) is 0 Å². The molecule has 1 aromatic rings.